The van der Waals surface area contributed by atoms with E-state index in [1.165, 1.54) is 55.3 Å². The largest absolute Gasteiger partial charge is 0.308 e. The van der Waals surface area contributed by atoms with Crippen molar-refractivity contribution in [3.05, 3.63) is 29.3 Å². The van der Waals surface area contributed by atoms with Crippen molar-refractivity contribution in [1.29, 1.82) is 0 Å². The monoisotopic (exact) mass is 364 g/mol. The van der Waals surface area contributed by atoms with E-state index in [2.05, 4.69) is 42.0 Å². The second kappa shape index (κ2) is 5.59. The molecule has 4 saturated carbocycles. The Bertz CT molecular complexity index is 764. The average molecular weight is 365 g/mol. The Kier molecular flexibility index (Phi) is 3.44. The van der Waals surface area contributed by atoms with Gasteiger partial charge in [-0.15, -0.1) is 0 Å². The highest BCUT2D eigenvalue weighted by molar-refractivity contribution is 6.01. The quantitative estimate of drug-likeness (QED) is 0.740. The number of benzene rings is 1. The van der Waals surface area contributed by atoms with Gasteiger partial charge >= 0.3 is 0 Å². The van der Waals surface area contributed by atoms with E-state index in [0.717, 1.165) is 37.3 Å². The smallest absolute Gasteiger partial charge is 0.233 e. The summed E-state index contributed by atoms with van der Waals surface area (Å²) in [5.41, 5.74) is 3.97. The first-order chi connectivity index (χ1) is 13.0. The number of nitrogens with zero attached hydrogens (tertiary/aromatic N) is 2. The second-order valence-electron chi connectivity index (χ2n) is 10.7. The van der Waals surface area contributed by atoms with Crippen molar-refractivity contribution in [1.82, 2.24) is 4.90 Å². The third-order valence-electron chi connectivity index (χ3n) is 8.66. The minimum atomic E-state index is -0.0326. The summed E-state index contributed by atoms with van der Waals surface area (Å²) in [6, 6.07) is 7.21. The van der Waals surface area contributed by atoms with Crippen molar-refractivity contribution in [2.75, 3.05) is 25.0 Å². The number of amides is 1. The molecule has 1 aromatic rings. The average Bonchev–Trinajstić information content (AvgIpc) is 2.93. The first-order valence-corrected chi connectivity index (χ1v) is 11.2. The molecule has 1 aromatic carbocycles. The van der Waals surface area contributed by atoms with E-state index in [9.17, 15) is 4.79 Å². The first-order valence-electron chi connectivity index (χ1n) is 11.2. The number of likely N-dealkylation sites (tertiary alicyclic amines) is 1. The molecule has 2 atom stereocenters. The van der Waals surface area contributed by atoms with E-state index >= 15 is 0 Å². The molecular formula is C24H32N2O. The molecular weight excluding hydrogens is 332 g/mol. The Hall–Kier alpha value is -1.35. The zero-order valence-corrected chi connectivity index (χ0v) is 16.8. The van der Waals surface area contributed by atoms with Crippen molar-refractivity contribution in [2.24, 2.45) is 23.2 Å². The van der Waals surface area contributed by atoms with Crippen molar-refractivity contribution < 1.29 is 4.79 Å². The van der Waals surface area contributed by atoms with Crippen molar-refractivity contribution in [2.45, 2.75) is 63.8 Å². The number of aryl methyl sites for hydroxylation is 1. The summed E-state index contributed by atoms with van der Waals surface area (Å²) in [4.78, 5) is 19.0. The Morgan fingerprint density at radius 2 is 1.74 bits per heavy atom. The van der Waals surface area contributed by atoms with E-state index < -0.39 is 0 Å². The molecule has 0 radical (unpaired) electrons. The summed E-state index contributed by atoms with van der Waals surface area (Å²) >= 11 is 0. The molecule has 0 unspecified atom stereocenters. The summed E-state index contributed by atoms with van der Waals surface area (Å²) in [6.07, 6.45) is 8.84. The Morgan fingerprint density at radius 1 is 1.07 bits per heavy atom. The maximum absolute atomic E-state index is 14.2. The predicted octanol–water partition coefficient (Wildman–Crippen LogP) is 4.35. The first kappa shape index (κ1) is 16.6. The Labute approximate surface area is 163 Å². The van der Waals surface area contributed by atoms with Crippen molar-refractivity contribution in [3.63, 3.8) is 0 Å². The summed E-state index contributed by atoms with van der Waals surface area (Å²) in [7, 11) is 2.23. The number of hydrogen-bond acceptors (Lipinski definition) is 2. The molecule has 0 spiro atoms. The van der Waals surface area contributed by atoms with Crippen LogP contribution in [0.25, 0.3) is 0 Å². The molecule has 1 amide bonds. The van der Waals surface area contributed by atoms with Crippen LogP contribution in [-0.4, -0.2) is 37.0 Å². The minimum absolute atomic E-state index is 0.0326. The predicted molar refractivity (Wildman–Crippen MR) is 108 cm³/mol. The van der Waals surface area contributed by atoms with Crippen LogP contribution in [-0.2, 0) is 4.79 Å². The van der Waals surface area contributed by atoms with Gasteiger partial charge in [0.1, 0.15) is 0 Å². The maximum Gasteiger partial charge on any atom is 0.233 e. The maximum atomic E-state index is 14.2. The topological polar surface area (TPSA) is 23.6 Å². The Balaban J connectivity index is 1.41. The highest BCUT2D eigenvalue weighted by Crippen LogP contribution is 2.61. The molecule has 7 rings (SSSR count). The molecule has 6 aliphatic rings. The lowest BCUT2D eigenvalue weighted by atomic mass is 9.49. The van der Waals surface area contributed by atoms with E-state index in [-0.39, 0.29) is 5.41 Å². The third kappa shape index (κ3) is 2.33. The van der Waals surface area contributed by atoms with Gasteiger partial charge in [-0.2, -0.15) is 0 Å². The van der Waals surface area contributed by atoms with E-state index in [0.29, 0.717) is 17.9 Å². The number of piperidine rings is 1. The molecule has 2 aliphatic heterocycles. The van der Waals surface area contributed by atoms with Crippen LogP contribution in [0.3, 0.4) is 0 Å². The highest BCUT2D eigenvalue weighted by atomic mass is 16.2. The molecule has 1 saturated heterocycles. The number of anilines is 1. The number of hydrogen-bond donors (Lipinski definition) is 0. The van der Waals surface area contributed by atoms with Gasteiger partial charge in [-0.05, 0) is 94.8 Å². The minimum Gasteiger partial charge on any atom is -0.308 e. The molecule has 4 aliphatic carbocycles. The summed E-state index contributed by atoms with van der Waals surface area (Å²) in [6.45, 7) is 4.38. The summed E-state index contributed by atoms with van der Waals surface area (Å²) in [5, 5.41) is 0. The normalized spacial score (nSPS) is 42.3. The number of likely N-dealkylation sites (N-methyl/N-ethyl adjacent to an activating group) is 1. The standard InChI is InChI=1S/C24H32N2O/c1-15-3-4-21-19(7-15)20-14-25(2)6-5-22(20)26(21)23(27)24-11-16-8-17(12-24)10-18(9-16)13-24/h3-4,7,16-18,20,22H,5-6,8-14H2,1-2H3/t16?,17?,18?,20-,22+,24?/m1/s1. The molecule has 4 bridgehead atoms. The fourth-order valence-electron chi connectivity index (χ4n) is 7.97. The number of rotatable bonds is 1. The Morgan fingerprint density at radius 3 is 2.41 bits per heavy atom. The SMILES string of the molecule is Cc1ccc2c(c1)[C@H]1CN(C)CC[C@@H]1N2C(=O)C12CC3CC(CC(C3)C1)C2. The van der Waals surface area contributed by atoms with Crippen LogP contribution in [0, 0.1) is 30.1 Å². The third-order valence-corrected chi connectivity index (χ3v) is 8.66. The molecule has 3 nitrogen and oxygen atoms in total. The fraction of sp³-hybridized carbons (Fsp3) is 0.708. The van der Waals surface area contributed by atoms with Crippen LogP contribution in [0.1, 0.15) is 62.0 Å². The lowest BCUT2D eigenvalue weighted by molar-refractivity contribution is -0.144. The van der Waals surface area contributed by atoms with Crippen LogP contribution in [0.5, 0.6) is 0 Å². The van der Waals surface area contributed by atoms with E-state index in [1.807, 2.05) is 0 Å². The van der Waals surface area contributed by atoms with Crippen LogP contribution >= 0.6 is 0 Å². The lowest BCUT2D eigenvalue weighted by Gasteiger charge is -2.57. The summed E-state index contributed by atoms with van der Waals surface area (Å²) < 4.78 is 0. The van der Waals surface area contributed by atoms with Gasteiger partial charge in [0.05, 0.1) is 5.41 Å². The van der Waals surface area contributed by atoms with Crippen LogP contribution in [0.2, 0.25) is 0 Å². The lowest BCUT2D eigenvalue weighted by Crippen LogP contribution is -2.57. The van der Waals surface area contributed by atoms with Crippen LogP contribution in [0.15, 0.2) is 18.2 Å². The molecule has 144 valence electrons. The number of fused-ring (bicyclic) bond motifs is 3. The number of carbonyl (C=O) groups excluding carboxylic acids is 1. The van der Waals surface area contributed by atoms with Gasteiger partial charge in [0, 0.05) is 24.2 Å². The van der Waals surface area contributed by atoms with Crippen molar-refractivity contribution in [3.8, 4) is 0 Å². The molecule has 3 heteroatoms. The number of carbonyl (C=O) groups is 1. The molecule has 0 aromatic heterocycles. The van der Waals surface area contributed by atoms with Crippen LogP contribution < -0.4 is 4.90 Å². The van der Waals surface area contributed by atoms with Gasteiger partial charge in [-0.3, -0.25) is 4.79 Å². The second-order valence-corrected chi connectivity index (χ2v) is 10.7. The zero-order valence-electron chi connectivity index (χ0n) is 16.8. The molecule has 0 N–H and O–H groups in total. The molecule has 27 heavy (non-hydrogen) atoms. The van der Waals surface area contributed by atoms with Gasteiger partial charge in [0.15, 0.2) is 0 Å². The van der Waals surface area contributed by atoms with Gasteiger partial charge in [-0.25, -0.2) is 0 Å². The summed E-state index contributed by atoms with van der Waals surface area (Å²) in [5.74, 6) is 3.48. The fourth-order valence-corrected chi connectivity index (χ4v) is 7.97. The zero-order chi connectivity index (χ0) is 18.3. The highest BCUT2D eigenvalue weighted by Gasteiger charge is 2.58. The van der Waals surface area contributed by atoms with Gasteiger partial charge < -0.3 is 9.80 Å². The van der Waals surface area contributed by atoms with E-state index in [1.54, 1.807) is 0 Å². The van der Waals surface area contributed by atoms with Gasteiger partial charge in [-0.1, -0.05) is 17.7 Å². The van der Waals surface area contributed by atoms with Gasteiger partial charge in [0.2, 0.25) is 5.91 Å². The van der Waals surface area contributed by atoms with Crippen molar-refractivity contribution >= 4 is 11.6 Å². The molecule has 5 fully saturated rings. The van der Waals surface area contributed by atoms with Gasteiger partial charge in [0.25, 0.3) is 0 Å². The van der Waals surface area contributed by atoms with E-state index in [4.69, 9.17) is 0 Å². The molecule has 2 heterocycles. The van der Waals surface area contributed by atoms with Crippen LogP contribution in [0.4, 0.5) is 5.69 Å².